The molecule has 0 radical (unpaired) electrons. The highest BCUT2D eigenvalue weighted by Crippen LogP contribution is 2.37. The Labute approximate surface area is 86.9 Å². The molecule has 1 aromatic carbocycles. The minimum atomic E-state index is -0.705. The van der Waals surface area contributed by atoms with Crippen LogP contribution in [0.15, 0.2) is 12.1 Å². The van der Waals surface area contributed by atoms with Crippen LogP contribution in [0.3, 0.4) is 0 Å². The van der Waals surface area contributed by atoms with Gasteiger partial charge in [0.15, 0.2) is 0 Å². The molecule has 0 aliphatic heterocycles. The highest BCUT2D eigenvalue weighted by Gasteiger charge is 2.18. The number of hydrogen-bond donors (Lipinski definition) is 3. The second kappa shape index (κ2) is 4.50. The lowest BCUT2D eigenvalue weighted by molar-refractivity contribution is 0.261. The molecule has 1 rings (SSSR count). The molecule has 0 spiro atoms. The molecule has 0 aliphatic carbocycles. The summed E-state index contributed by atoms with van der Waals surface area (Å²) in [4.78, 5) is 0. The van der Waals surface area contributed by atoms with Crippen LogP contribution in [0.25, 0.3) is 0 Å². The van der Waals surface area contributed by atoms with E-state index in [2.05, 4.69) is 0 Å². The Morgan fingerprint density at radius 2 is 2.21 bits per heavy atom. The number of methoxy groups -OCH3 is 1. The molecule has 0 fully saturated rings. The molecule has 0 saturated carbocycles. The summed E-state index contributed by atoms with van der Waals surface area (Å²) in [6.45, 7) is -0.287. The molecule has 78 valence electrons. The minimum absolute atomic E-state index is 0.146. The molecule has 4 nitrogen and oxygen atoms in total. The number of hydrogen-bond acceptors (Lipinski definition) is 4. The third-order valence-electron chi connectivity index (χ3n) is 1.92. The van der Waals surface area contributed by atoms with Crippen molar-refractivity contribution in [3.8, 4) is 11.5 Å². The Balaban J connectivity index is 3.27. The third kappa shape index (κ3) is 1.92. The first-order valence-electron chi connectivity index (χ1n) is 4.03. The fourth-order valence-corrected chi connectivity index (χ4v) is 1.36. The summed E-state index contributed by atoms with van der Waals surface area (Å²) >= 11 is 5.70. The fourth-order valence-electron chi connectivity index (χ4n) is 1.19. The van der Waals surface area contributed by atoms with E-state index >= 15 is 0 Å². The van der Waals surface area contributed by atoms with Gasteiger partial charge >= 0.3 is 0 Å². The lowest BCUT2D eigenvalue weighted by Crippen LogP contribution is -2.15. The van der Waals surface area contributed by atoms with E-state index < -0.39 is 6.04 Å². The average Bonchev–Trinajstić information content (AvgIpc) is 2.20. The van der Waals surface area contributed by atoms with Gasteiger partial charge in [0, 0.05) is 0 Å². The van der Waals surface area contributed by atoms with Crippen LogP contribution in [0.5, 0.6) is 11.5 Å². The van der Waals surface area contributed by atoms with Crippen LogP contribution in [0.1, 0.15) is 11.6 Å². The largest absolute Gasteiger partial charge is 0.506 e. The number of phenolic OH excluding ortho intramolecular Hbond substituents is 1. The normalized spacial score (nSPS) is 12.6. The van der Waals surface area contributed by atoms with Crippen LogP contribution in [-0.2, 0) is 0 Å². The molecule has 0 bridgehead atoms. The van der Waals surface area contributed by atoms with Crippen molar-refractivity contribution in [2.24, 2.45) is 5.73 Å². The summed E-state index contributed by atoms with van der Waals surface area (Å²) in [7, 11) is 1.45. The number of benzene rings is 1. The third-order valence-corrected chi connectivity index (χ3v) is 2.22. The Kier molecular flexibility index (Phi) is 3.57. The van der Waals surface area contributed by atoms with Gasteiger partial charge in [-0.25, -0.2) is 0 Å². The number of aliphatic hydroxyl groups excluding tert-OH is 1. The van der Waals surface area contributed by atoms with Crippen LogP contribution in [0.2, 0.25) is 5.02 Å². The Morgan fingerprint density at radius 1 is 1.57 bits per heavy atom. The van der Waals surface area contributed by atoms with E-state index in [1.54, 1.807) is 6.07 Å². The number of rotatable bonds is 3. The first-order valence-corrected chi connectivity index (χ1v) is 4.41. The number of aromatic hydroxyl groups is 1. The fraction of sp³-hybridized carbons (Fsp3) is 0.333. The maximum Gasteiger partial charge on any atom is 0.142 e. The van der Waals surface area contributed by atoms with E-state index in [9.17, 15) is 5.11 Å². The van der Waals surface area contributed by atoms with Crippen LogP contribution >= 0.6 is 11.6 Å². The molecule has 0 unspecified atom stereocenters. The average molecular weight is 218 g/mol. The van der Waals surface area contributed by atoms with Crippen molar-refractivity contribution in [2.45, 2.75) is 6.04 Å². The number of nitrogens with two attached hydrogens (primary N) is 1. The first kappa shape index (κ1) is 11.1. The van der Waals surface area contributed by atoms with Gasteiger partial charge in [0.2, 0.25) is 0 Å². The zero-order chi connectivity index (χ0) is 10.7. The topological polar surface area (TPSA) is 75.7 Å². The second-order valence-corrected chi connectivity index (χ2v) is 3.21. The zero-order valence-corrected chi connectivity index (χ0v) is 8.45. The van der Waals surface area contributed by atoms with Crippen molar-refractivity contribution < 1.29 is 14.9 Å². The van der Waals surface area contributed by atoms with Crippen molar-refractivity contribution in [1.82, 2.24) is 0 Å². The molecular weight excluding hydrogens is 206 g/mol. The molecule has 1 aromatic rings. The van der Waals surface area contributed by atoms with Crippen LogP contribution in [0, 0.1) is 0 Å². The lowest BCUT2D eigenvalue weighted by atomic mass is 10.1. The van der Waals surface area contributed by atoms with Gasteiger partial charge in [-0.2, -0.15) is 0 Å². The summed E-state index contributed by atoms with van der Waals surface area (Å²) in [6.07, 6.45) is 0. The van der Waals surface area contributed by atoms with Gasteiger partial charge in [0.05, 0.1) is 30.3 Å². The molecular formula is C9H12ClNO3. The van der Waals surface area contributed by atoms with E-state index in [4.69, 9.17) is 27.2 Å². The summed E-state index contributed by atoms with van der Waals surface area (Å²) in [5, 5.41) is 18.7. The van der Waals surface area contributed by atoms with Gasteiger partial charge in [0.25, 0.3) is 0 Å². The molecule has 14 heavy (non-hydrogen) atoms. The Bertz CT molecular complexity index is 330. The molecule has 0 aromatic heterocycles. The highest BCUT2D eigenvalue weighted by molar-refractivity contribution is 6.32. The maximum atomic E-state index is 9.61. The lowest BCUT2D eigenvalue weighted by Gasteiger charge is -2.15. The number of phenols is 1. The quantitative estimate of drug-likeness (QED) is 0.707. The smallest absolute Gasteiger partial charge is 0.142 e. The van der Waals surface area contributed by atoms with Gasteiger partial charge in [-0.05, 0) is 12.1 Å². The molecule has 5 heteroatoms. The van der Waals surface area contributed by atoms with Crippen LogP contribution in [0.4, 0.5) is 0 Å². The van der Waals surface area contributed by atoms with Crippen molar-refractivity contribution >= 4 is 11.6 Å². The monoisotopic (exact) mass is 217 g/mol. The van der Waals surface area contributed by atoms with Gasteiger partial charge < -0.3 is 20.7 Å². The van der Waals surface area contributed by atoms with E-state index in [0.29, 0.717) is 11.3 Å². The van der Waals surface area contributed by atoms with Crippen LogP contribution in [-0.4, -0.2) is 23.9 Å². The molecule has 0 heterocycles. The number of ether oxygens (including phenoxy) is 1. The number of aliphatic hydroxyl groups is 1. The van der Waals surface area contributed by atoms with Crippen molar-refractivity contribution in [1.29, 1.82) is 0 Å². The Morgan fingerprint density at radius 3 is 2.71 bits per heavy atom. The van der Waals surface area contributed by atoms with Crippen molar-refractivity contribution in [3.05, 3.63) is 22.7 Å². The van der Waals surface area contributed by atoms with Gasteiger partial charge in [0.1, 0.15) is 11.5 Å². The predicted molar refractivity (Wildman–Crippen MR) is 53.7 cm³/mol. The second-order valence-electron chi connectivity index (χ2n) is 2.80. The minimum Gasteiger partial charge on any atom is -0.506 e. The van der Waals surface area contributed by atoms with E-state index in [1.165, 1.54) is 13.2 Å². The van der Waals surface area contributed by atoms with E-state index in [-0.39, 0.29) is 17.4 Å². The van der Waals surface area contributed by atoms with Gasteiger partial charge in [-0.3, -0.25) is 0 Å². The highest BCUT2D eigenvalue weighted by atomic mass is 35.5. The predicted octanol–water partition coefficient (Wildman–Crippen LogP) is 1.05. The standard InChI is InChI=1S/C9H12ClNO3/c1-14-7-3-2-5(10)9(13)8(7)6(11)4-12/h2-3,6,12-13H,4,11H2,1H3/t6-/m1/s1. The molecule has 0 saturated heterocycles. The summed E-state index contributed by atoms with van der Waals surface area (Å²) in [5.74, 6) is 0.265. The summed E-state index contributed by atoms with van der Waals surface area (Å²) < 4.78 is 4.99. The summed E-state index contributed by atoms with van der Waals surface area (Å²) in [5.41, 5.74) is 5.91. The first-order chi connectivity index (χ1) is 6.61. The summed E-state index contributed by atoms with van der Waals surface area (Å²) in [6, 6.07) is 2.39. The number of halogens is 1. The molecule has 0 aliphatic rings. The van der Waals surface area contributed by atoms with E-state index in [0.717, 1.165) is 0 Å². The van der Waals surface area contributed by atoms with E-state index in [1.807, 2.05) is 0 Å². The molecule has 0 amide bonds. The molecule has 1 atom stereocenters. The van der Waals surface area contributed by atoms with Crippen LogP contribution < -0.4 is 10.5 Å². The van der Waals surface area contributed by atoms with Gasteiger partial charge in [-0.15, -0.1) is 0 Å². The molecule has 4 N–H and O–H groups in total. The SMILES string of the molecule is COc1ccc(Cl)c(O)c1[C@H](N)CO. The van der Waals surface area contributed by atoms with Crippen molar-refractivity contribution in [2.75, 3.05) is 13.7 Å². The Hall–Kier alpha value is -0.970. The van der Waals surface area contributed by atoms with Crippen molar-refractivity contribution in [3.63, 3.8) is 0 Å². The van der Waals surface area contributed by atoms with Gasteiger partial charge in [-0.1, -0.05) is 11.6 Å². The zero-order valence-electron chi connectivity index (χ0n) is 7.70. The maximum absolute atomic E-state index is 9.61.